The maximum absolute atomic E-state index is 13.6. The number of nitrogens with one attached hydrogen (secondary N) is 1. The fourth-order valence-corrected chi connectivity index (χ4v) is 2.12. The van der Waals surface area contributed by atoms with E-state index in [2.05, 4.69) is 15.4 Å². The maximum atomic E-state index is 13.6. The lowest BCUT2D eigenvalue weighted by atomic mass is 10.2. The summed E-state index contributed by atoms with van der Waals surface area (Å²) in [6, 6.07) is 8.27. The molecule has 1 amide bonds. The average Bonchev–Trinajstić information content (AvgIpc) is 2.92. The first-order chi connectivity index (χ1) is 11.1. The second-order valence-corrected chi connectivity index (χ2v) is 4.82. The monoisotopic (exact) mass is 314 g/mol. The van der Waals surface area contributed by atoms with Gasteiger partial charge in [0.1, 0.15) is 11.6 Å². The van der Waals surface area contributed by atoms with E-state index in [1.807, 2.05) is 0 Å². The highest BCUT2D eigenvalue weighted by Gasteiger charge is 2.17. The Labute approximate surface area is 130 Å². The van der Waals surface area contributed by atoms with Gasteiger partial charge in [-0.05, 0) is 31.2 Å². The molecule has 3 aromatic rings. The summed E-state index contributed by atoms with van der Waals surface area (Å²) in [6.07, 6.45) is 2.99. The third-order valence-corrected chi connectivity index (χ3v) is 3.30. The molecule has 0 saturated carbocycles. The fourth-order valence-electron chi connectivity index (χ4n) is 2.12. The molecule has 0 aliphatic heterocycles. The first-order valence-corrected chi connectivity index (χ1v) is 6.78. The van der Waals surface area contributed by atoms with Crippen LogP contribution in [-0.4, -0.2) is 20.7 Å². The van der Waals surface area contributed by atoms with Crippen LogP contribution >= 0.6 is 0 Å². The average molecular weight is 314 g/mol. The van der Waals surface area contributed by atoms with Crippen molar-refractivity contribution >= 4 is 11.6 Å². The first-order valence-electron chi connectivity index (χ1n) is 6.78. The number of hydrogen-bond acceptors (Lipinski definition) is 3. The molecule has 116 valence electrons. The normalized spacial score (nSPS) is 10.6. The van der Waals surface area contributed by atoms with Gasteiger partial charge in [-0.3, -0.25) is 4.79 Å². The van der Waals surface area contributed by atoms with Crippen LogP contribution in [0.25, 0.3) is 5.82 Å². The Kier molecular flexibility index (Phi) is 3.84. The summed E-state index contributed by atoms with van der Waals surface area (Å²) in [5.41, 5.74) is 0.740. The maximum Gasteiger partial charge on any atom is 0.259 e. The Balaban J connectivity index is 1.88. The molecule has 0 spiro atoms. The van der Waals surface area contributed by atoms with E-state index in [0.717, 1.165) is 6.07 Å². The highest BCUT2D eigenvalue weighted by Crippen LogP contribution is 2.18. The predicted molar refractivity (Wildman–Crippen MR) is 80.4 cm³/mol. The standard InChI is InChI=1S/C16H12F2N4O/c1-10-12(9-20-22(10)15-4-2-3-7-19-15)16(23)21-14-6-5-11(17)8-13(14)18/h2-9H,1H3,(H,21,23). The fraction of sp³-hybridized carbons (Fsp3) is 0.0625. The Hall–Kier alpha value is -3.09. The van der Waals surface area contributed by atoms with Gasteiger partial charge < -0.3 is 5.32 Å². The van der Waals surface area contributed by atoms with Crippen LogP contribution in [0.5, 0.6) is 0 Å². The summed E-state index contributed by atoms with van der Waals surface area (Å²) in [7, 11) is 0. The molecular formula is C16H12F2N4O. The van der Waals surface area contributed by atoms with Crippen molar-refractivity contribution in [1.82, 2.24) is 14.8 Å². The van der Waals surface area contributed by atoms with Crippen LogP contribution in [0.4, 0.5) is 14.5 Å². The van der Waals surface area contributed by atoms with E-state index in [1.165, 1.54) is 16.9 Å². The van der Waals surface area contributed by atoms with E-state index < -0.39 is 17.5 Å². The van der Waals surface area contributed by atoms with Crippen molar-refractivity contribution in [3.63, 3.8) is 0 Å². The molecule has 7 heteroatoms. The zero-order valence-corrected chi connectivity index (χ0v) is 12.1. The largest absolute Gasteiger partial charge is 0.319 e. The summed E-state index contributed by atoms with van der Waals surface area (Å²) >= 11 is 0. The number of carbonyl (C=O) groups excluding carboxylic acids is 1. The molecule has 0 aliphatic carbocycles. The van der Waals surface area contributed by atoms with Crippen molar-refractivity contribution in [2.75, 3.05) is 5.32 Å². The lowest BCUT2D eigenvalue weighted by Crippen LogP contribution is -2.14. The van der Waals surface area contributed by atoms with Gasteiger partial charge in [-0.25, -0.2) is 18.4 Å². The lowest BCUT2D eigenvalue weighted by molar-refractivity contribution is 0.102. The predicted octanol–water partition coefficient (Wildman–Crippen LogP) is 3.11. The molecule has 3 rings (SSSR count). The molecule has 5 nitrogen and oxygen atoms in total. The highest BCUT2D eigenvalue weighted by atomic mass is 19.1. The summed E-state index contributed by atoms with van der Waals surface area (Å²) < 4.78 is 28.0. The third kappa shape index (κ3) is 2.94. The number of aromatic nitrogens is 3. The summed E-state index contributed by atoms with van der Waals surface area (Å²) in [5.74, 6) is -1.51. The Morgan fingerprint density at radius 1 is 1.22 bits per heavy atom. The van der Waals surface area contributed by atoms with Crippen LogP contribution in [0, 0.1) is 18.6 Å². The van der Waals surface area contributed by atoms with Crippen LogP contribution in [0.3, 0.4) is 0 Å². The zero-order chi connectivity index (χ0) is 16.4. The molecule has 1 N–H and O–H groups in total. The van der Waals surface area contributed by atoms with Gasteiger partial charge in [-0.15, -0.1) is 0 Å². The number of anilines is 1. The smallest absolute Gasteiger partial charge is 0.259 e. The highest BCUT2D eigenvalue weighted by molar-refractivity contribution is 6.05. The quantitative estimate of drug-likeness (QED) is 0.808. The number of pyridine rings is 1. The molecule has 23 heavy (non-hydrogen) atoms. The van der Waals surface area contributed by atoms with E-state index in [1.54, 1.807) is 31.3 Å². The molecule has 0 bridgehead atoms. The van der Waals surface area contributed by atoms with Crippen molar-refractivity contribution in [1.29, 1.82) is 0 Å². The molecule has 0 unspecified atom stereocenters. The van der Waals surface area contributed by atoms with E-state index >= 15 is 0 Å². The van der Waals surface area contributed by atoms with E-state index in [0.29, 0.717) is 17.6 Å². The van der Waals surface area contributed by atoms with E-state index in [4.69, 9.17) is 0 Å². The minimum atomic E-state index is -0.840. The van der Waals surface area contributed by atoms with Crippen molar-refractivity contribution in [3.05, 3.63) is 71.7 Å². The third-order valence-electron chi connectivity index (χ3n) is 3.30. The number of carbonyl (C=O) groups is 1. The molecule has 2 heterocycles. The minimum absolute atomic E-state index is 0.0959. The molecule has 1 aromatic carbocycles. The molecular weight excluding hydrogens is 302 g/mol. The Morgan fingerprint density at radius 2 is 2.04 bits per heavy atom. The molecule has 0 aliphatic rings. The van der Waals surface area contributed by atoms with Crippen molar-refractivity contribution in [3.8, 4) is 5.82 Å². The van der Waals surface area contributed by atoms with Crippen LogP contribution in [0.2, 0.25) is 0 Å². The second kappa shape index (κ2) is 5.96. The van der Waals surface area contributed by atoms with Gasteiger partial charge in [0.05, 0.1) is 23.1 Å². The topological polar surface area (TPSA) is 59.8 Å². The molecule has 0 atom stereocenters. The zero-order valence-electron chi connectivity index (χ0n) is 12.1. The van der Waals surface area contributed by atoms with Gasteiger partial charge in [0.15, 0.2) is 5.82 Å². The molecule has 0 radical (unpaired) electrons. The number of halogens is 2. The SMILES string of the molecule is Cc1c(C(=O)Nc2ccc(F)cc2F)cnn1-c1ccccn1. The Morgan fingerprint density at radius 3 is 2.74 bits per heavy atom. The van der Waals surface area contributed by atoms with Crippen molar-refractivity contribution in [2.24, 2.45) is 0 Å². The van der Waals surface area contributed by atoms with Crippen molar-refractivity contribution in [2.45, 2.75) is 6.92 Å². The lowest BCUT2D eigenvalue weighted by Gasteiger charge is -2.07. The number of hydrogen-bond donors (Lipinski definition) is 1. The summed E-state index contributed by atoms with van der Waals surface area (Å²) in [5, 5.41) is 6.53. The van der Waals surface area contributed by atoms with Gasteiger partial charge in [0, 0.05) is 12.3 Å². The number of amides is 1. The summed E-state index contributed by atoms with van der Waals surface area (Å²) in [6.45, 7) is 1.71. The van der Waals surface area contributed by atoms with Gasteiger partial charge >= 0.3 is 0 Å². The van der Waals surface area contributed by atoms with Crippen LogP contribution in [-0.2, 0) is 0 Å². The van der Waals surface area contributed by atoms with Crippen LogP contribution < -0.4 is 5.32 Å². The number of nitrogens with zero attached hydrogens (tertiary/aromatic N) is 3. The van der Waals surface area contributed by atoms with E-state index in [9.17, 15) is 13.6 Å². The van der Waals surface area contributed by atoms with Crippen LogP contribution in [0.1, 0.15) is 16.1 Å². The van der Waals surface area contributed by atoms with Gasteiger partial charge in [0.25, 0.3) is 5.91 Å². The second-order valence-electron chi connectivity index (χ2n) is 4.82. The molecule has 0 fully saturated rings. The van der Waals surface area contributed by atoms with Crippen molar-refractivity contribution < 1.29 is 13.6 Å². The van der Waals surface area contributed by atoms with Gasteiger partial charge in [-0.1, -0.05) is 6.07 Å². The number of rotatable bonds is 3. The summed E-state index contributed by atoms with van der Waals surface area (Å²) in [4.78, 5) is 16.4. The number of benzene rings is 1. The minimum Gasteiger partial charge on any atom is -0.319 e. The van der Waals surface area contributed by atoms with Gasteiger partial charge in [-0.2, -0.15) is 5.10 Å². The molecule has 2 aromatic heterocycles. The Bertz CT molecular complexity index is 862. The molecule has 0 saturated heterocycles. The van der Waals surface area contributed by atoms with Crippen LogP contribution in [0.15, 0.2) is 48.8 Å². The van der Waals surface area contributed by atoms with E-state index in [-0.39, 0.29) is 11.3 Å². The first kappa shape index (κ1) is 14.8. The van der Waals surface area contributed by atoms with Gasteiger partial charge in [0.2, 0.25) is 0 Å².